The van der Waals surface area contributed by atoms with Gasteiger partial charge in [0.1, 0.15) is 5.69 Å². The number of carbonyl (C=O) groups excluding carboxylic acids is 3. The summed E-state index contributed by atoms with van der Waals surface area (Å²) in [6.45, 7) is 6.46. The van der Waals surface area contributed by atoms with Crippen molar-refractivity contribution in [3.05, 3.63) is 57.7 Å². The van der Waals surface area contributed by atoms with Crippen molar-refractivity contribution in [2.75, 3.05) is 11.9 Å². The van der Waals surface area contributed by atoms with E-state index in [0.717, 1.165) is 17.7 Å². The zero-order valence-electron chi connectivity index (χ0n) is 17.3. The molecule has 0 saturated carbocycles. The van der Waals surface area contributed by atoms with E-state index in [2.05, 4.69) is 22.2 Å². The molecule has 8 heteroatoms. The van der Waals surface area contributed by atoms with Crippen LogP contribution in [0, 0.1) is 13.8 Å². The highest BCUT2D eigenvalue weighted by Crippen LogP contribution is 2.25. The molecule has 0 radical (unpaired) electrons. The van der Waals surface area contributed by atoms with Crippen LogP contribution in [0.2, 0.25) is 0 Å². The van der Waals surface area contributed by atoms with Crippen LogP contribution in [-0.2, 0) is 16.0 Å². The van der Waals surface area contributed by atoms with Crippen LogP contribution in [0.4, 0.5) is 5.13 Å². The van der Waals surface area contributed by atoms with E-state index in [4.69, 9.17) is 4.74 Å². The fourth-order valence-electron chi connectivity index (χ4n) is 3.22. The van der Waals surface area contributed by atoms with Gasteiger partial charge in [0.25, 0.3) is 5.91 Å². The first kappa shape index (κ1) is 21.4. The van der Waals surface area contributed by atoms with Gasteiger partial charge in [-0.05, 0) is 38.3 Å². The molecular weight excluding hydrogens is 402 g/mol. The molecule has 30 heavy (non-hydrogen) atoms. The number of aromatic nitrogens is 2. The number of aryl methyl sites for hydroxylation is 2. The zero-order valence-corrected chi connectivity index (χ0v) is 18.1. The first-order valence-corrected chi connectivity index (χ1v) is 10.4. The molecule has 2 heterocycles. The van der Waals surface area contributed by atoms with E-state index in [9.17, 15) is 14.4 Å². The van der Waals surface area contributed by atoms with Gasteiger partial charge in [-0.1, -0.05) is 31.2 Å². The van der Waals surface area contributed by atoms with Crippen LogP contribution in [0.5, 0.6) is 0 Å². The first-order chi connectivity index (χ1) is 14.3. The smallest absolute Gasteiger partial charge is 0.355 e. The Kier molecular flexibility index (Phi) is 6.47. The maximum absolute atomic E-state index is 12.3. The number of hydrogen-bond donors (Lipinski definition) is 2. The Labute approximate surface area is 178 Å². The fraction of sp³-hybridized carbons (Fsp3) is 0.273. The predicted octanol–water partition coefficient (Wildman–Crippen LogP) is 4.32. The third-order valence-electron chi connectivity index (χ3n) is 4.74. The van der Waals surface area contributed by atoms with Gasteiger partial charge < -0.3 is 9.72 Å². The lowest BCUT2D eigenvalue weighted by Crippen LogP contribution is -2.21. The van der Waals surface area contributed by atoms with Crippen molar-refractivity contribution in [2.24, 2.45) is 0 Å². The van der Waals surface area contributed by atoms with Crippen LogP contribution in [-0.4, -0.2) is 34.2 Å². The third kappa shape index (κ3) is 4.65. The number of benzene rings is 1. The summed E-state index contributed by atoms with van der Waals surface area (Å²) in [5, 5.41) is 4.92. The van der Waals surface area contributed by atoms with Gasteiger partial charge in [0, 0.05) is 22.2 Å². The molecule has 3 aromatic rings. The van der Waals surface area contributed by atoms with Crippen molar-refractivity contribution >= 4 is 34.1 Å². The molecule has 156 valence electrons. The molecule has 0 spiro atoms. The standard InChI is InChI=1S/C22H23N3O4S/c1-5-15-6-8-16(9-7-15)17-11-30-22(24-17)25-18(27)10-29-21(28)20-12(2)19(14(4)26)13(3)23-20/h6-9,11,23H,5,10H2,1-4H3,(H,24,25,27). The highest BCUT2D eigenvalue weighted by atomic mass is 32.1. The molecule has 0 unspecified atom stereocenters. The van der Waals surface area contributed by atoms with Crippen molar-refractivity contribution in [1.82, 2.24) is 9.97 Å². The largest absolute Gasteiger partial charge is 0.451 e. The molecule has 0 aliphatic heterocycles. The van der Waals surface area contributed by atoms with E-state index in [1.807, 2.05) is 29.6 Å². The minimum atomic E-state index is -0.686. The molecule has 0 atom stereocenters. The lowest BCUT2D eigenvalue weighted by Gasteiger charge is -2.04. The maximum Gasteiger partial charge on any atom is 0.355 e. The van der Waals surface area contributed by atoms with Gasteiger partial charge >= 0.3 is 5.97 Å². The molecule has 2 N–H and O–H groups in total. The van der Waals surface area contributed by atoms with Crippen LogP contribution < -0.4 is 5.32 Å². The summed E-state index contributed by atoms with van der Waals surface area (Å²) < 4.78 is 5.09. The lowest BCUT2D eigenvalue weighted by atomic mass is 10.1. The summed E-state index contributed by atoms with van der Waals surface area (Å²) in [7, 11) is 0. The number of nitrogens with zero attached hydrogens (tertiary/aromatic N) is 1. The molecule has 0 fully saturated rings. The van der Waals surface area contributed by atoms with E-state index in [-0.39, 0.29) is 11.5 Å². The fourth-order valence-corrected chi connectivity index (χ4v) is 3.95. The third-order valence-corrected chi connectivity index (χ3v) is 5.49. The number of carbonyl (C=O) groups is 3. The van der Waals surface area contributed by atoms with Gasteiger partial charge in [-0.2, -0.15) is 0 Å². The Balaban J connectivity index is 1.59. The number of hydrogen-bond acceptors (Lipinski definition) is 6. The number of H-pyrrole nitrogens is 1. The summed E-state index contributed by atoms with van der Waals surface area (Å²) in [6.07, 6.45) is 0.967. The van der Waals surface area contributed by atoms with Crippen molar-refractivity contribution in [1.29, 1.82) is 0 Å². The quantitative estimate of drug-likeness (QED) is 0.434. The van der Waals surface area contributed by atoms with Crippen molar-refractivity contribution < 1.29 is 19.1 Å². The second-order valence-corrected chi connectivity index (χ2v) is 7.75. The van der Waals surface area contributed by atoms with E-state index in [0.29, 0.717) is 22.0 Å². The number of amides is 1. The second-order valence-electron chi connectivity index (χ2n) is 6.89. The summed E-state index contributed by atoms with van der Waals surface area (Å²) in [5.74, 6) is -1.31. The van der Waals surface area contributed by atoms with Crippen LogP contribution in [0.15, 0.2) is 29.6 Å². The van der Waals surface area contributed by atoms with Crippen LogP contribution >= 0.6 is 11.3 Å². The summed E-state index contributed by atoms with van der Waals surface area (Å²) >= 11 is 1.30. The Hall–Kier alpha value is -3.26. The van der Waals surface area contributed by atoms with Gasteiger partial charge in [0.2, 0.25) is 0 Å². The van der Waals surface area contributed by atoms with Crippen LogP contribution in [0.1, 0.15) is 51.5 Å². The van der Waals surface area contributed by atoms with E-state index < -0.39 is 18.5 Å². The van der Waals surface area contributed by atoms with Gasteiger partial charge in [-0.15, -0.1) is 11.3 Å². The average Bonchev–Trinajstić information content (AvgIpc) is 3.30. The van der Waals surface area contributed by atoms with E-state index >= 15 is 0 Å². The van der Waals surface area contributed by atoms with Gasteiger partial charge in [-0.25, -0.2) is 9.78 Å². The summed E-state index contributed by atoms with van der Waals surface area (Å²) in [6, 6.07) is 8.09. The number of Topliss-reactive ketones (excluding diaryl/α,β-unsaturated/α-hetero) is 1. The highest BCUT2D eigenvalue weighted by Gasteiger charge is 2.21. The first-order valence-electron chi connectivity index (χ1n) is 9.52. The minimum Gasteiger partial charge on any atom is -0.451 e. The predicted molar refractivity (Wildman–Crippen MR) is 116 cm³/mol. The average molecular weight is 426 g/mol. The SMILES string of the molecule is CCc1ccc(-c2csc(NC(=O)COC(=O)c3[nH]c(C)c(C(C)=O)c3C)n2)cc1. The van der Waals surface area contributed by atoms with E-state index in [1.165, 1.54) is 23.8 Å². The van der Waals surface area contributed by atoms with Crippen molar-refractivity contribution in [3.63, 3.8) is 0 Å². The molecule has 0 saturated heterocycles. The number of aromatic amines is 1. The number of ketones is 1. The molecule has 2 aromatic heterocycles. The number of esters is 1. The zero-order chi connectivity index (χ0) is 21.8. The van der Waals surface area contributed by atoms with Crippen LogP contribution in [0.3, 0.4) is 0 Å². The minimum absolute atomic E-state index is 0.137. The highest BCUT2D eigenvalue weighted by molar-refractivity contribution is 7.14. The molecule has 3 rings (SSSR count). The van der Waals surface area contributed by atoms with Gasteiger partial charge in [0.15, 0.2) is 17.5 Å². The Morgan fingerprint density at radius 3 is 2.47 bits per heavy atom. The number of rotatable bonds is 7. The molecule has 1 amide bonds. The number of thiazole rings is 1. The number of anilines is 1. The van der Waals surface area contributed by atoms with Crippen molar-refractivity contribution in [3.8, 4) is 11.3 Å². The monoisotopic (exact) mass is 425 g/mol. The van der Waals surface area contributed by atoms with E-state index in [1.54, 1.807) is 13.8 Å². The number of nitrogens with one attached hydrogen (secondary N) is 2. The topological polar surface area (TPSA) is 101 Å². The Morgan fingerprint density at radius 2 is 1.87 bits per heavy atom. The number of ether oxygens (including phenoxy) is 1. The van der Waals surface area contributed by atoms with Gasteiger partial charge in [0.05, 0.1) is 5.69 Å². The molecule has 0 bridgehead atoms. The molecule has 1 aromatic carbocycles. The molecule has 7 nitrogen and oxygen atoms in total. The van der Waals surface area contributed by atoms with Gasteiger partial charge in [-0.3, -0.25) is 14.9 Å². The maximum atomic E-state index is 12.3. The second kappa shape index (κ2) is 9.04. The van der Waals surface area contributed by atoms with Crippen LogP contribution in [0.25, 0.3) is 11.3 Å². The Bertz CT molecular complexity index is 1100. The molecular formula is C22H23N3O4S. The molecule has 0 aliphatic carbocycles. The Morgan fingerprint density at radius 1 is 1.17 bits per heavy atom. The summed E-state index contributed by atoms with van der Waals surface area (Å²) in [5.41, 5.74) is 4.74. The summed E-state index contributed by atoms with van der Waals surface area (Å²) in [4.78, 5) is 43.4. The molecule has 0 aliphatic rings. The normalized spacial score (nSPS) is 10.7. The lowest BCUT2D eigenvalue weighted by molar-refractivity contribution is -0.119. The van der Waals surface area contributed by atoms with Crippen molar-refractivity contribution in [2.45, 2.75) is 34.1 Å².